The van der Waals surface area contributed by atoms with Crippen molar-refractivity contribution < 1.29 is 4.79 Å². The Morgan fingerprint density at radius 3 is 2.21 bits per heavy atom. The summed E-state index contributed by atoms with van der Waals surface area (Å²) in [6, 6.07) is -0.598. The molecule has 86 valence electrons. The zero-order chi connectivity index (χ0) is 9.56. The Morgan fingerprint density at radius 2 is 1.86 bits per heavy atom. The number of primary amides is 1. The zero-order valence-corrected chi connectivity index (χ0v) is 9.29. The second-order valence-electron chi connectivity index (χ2n) is 2.49. The summed E-state index contributed by atoms with van der Waals surface area (Å²) in [6.45, 7) is 0.538. The average molecular weight is 246 g/mol. The molecule has 0 aromatic heterocycles. The van der Waals surface area contributed by atoms with Crippen LogP contribution in [0.4, 0.5) is 0 Å². The lowest BCUT2D eigenvalue weighted by Gasteiger charge is -2.07. The van der Waals surface area contributed by atoms with E-state index in [2.05, 4.69) is 5.32 Å². The molecule has 0 heterocycles. The fraction of sp³-hybridized carbons (Fsp3) is 0.667. The Kier molecular flexibility index (Phi) is 14.0. The predicted octanol–water partition coefficient (Wildman–Crippen LogP) is -1.09. The standard InChI is InChI=1S/C6H15N5O.2ClH/c7-4(5(8)12)2-1-3-11-6(9)10;;/h4H,1-3,7H2,(H2,8,12)(H4,9,10,11);2*1H. The van der Waals surface area contributed by atoms with Crippen LogP contribution in [0.15, 0.2) is 0 Å². The van der Waals surface area contributed by atoms with Gasteiger partial charge in [-0.05, 0) is 12.8 Å². The first kappa shape index (κ1) is 18.9. The summed E-state index contributed by atoms with van der Waals surface area (Å²) in [5.41, 5.74) is 15.3. The van der Waals surface area contributed by atoms with Crippen LogP contribution in [0.2, 0.25) is 0 Å². The third-order valence-electron chi connectivity index (χ3n) is 1.37. The number of carbonyl (C=O) groups is 1. The van der Waals surface area contributed by atoms with Crippen LogP contribution in [0, 0.1) is 5.41 Å². The number of guanidine groups is 1. The van der Waals surface area contributed by atoms with Crippen LogP contribution >= 0.6 is 24.8 Å². The van der Waals surface area contributed by atoms with Gasteiger partial charge in [-0.15, -0.1) is 24.8 Å². The third kappa shape index (κ3) is 11.3. The van der Waals surface area contributed by atoms with E-state index in [0.29, 0.717) is 19.4 Å². The van der Waals surface area contributed by atoms with Crippen LogP contribution in [0.5, 0.6) is 0 Å². The summed E-state index contributed by atoms with van der Waals surface area (Å²) < 4.78 is 0. The van der Waals surface area contributed by atoms with Crippen molar-refractivity contribution in [3.63, 3.8) is 0 Å². The number of nitrogens with two attached hydrogens (primary N) is 3. The molecule has 0 saturated heterocycles. The van der Waals surface area contributed by atoms with Crippen molar-refractivity contribution in [2.75, 3.05) is 6.54 Å². The molecule has 0 saturated carbocycles. The number of nitrogens with one attached hydrogen (secondary N) is 2. The highest BCUT2D eigenvalue weighted by atomic mass is 35.5. The minimum absolute atomic E-state index is 0. The van der Waals surface area contributed by atoms with E-state index >= 15 is 0 Å². The molecule has 1 amide bonds. The van der Waals surface area contributed by atoms with Crippen molar-refractivity contribution in [2.45, 2.75) is 18.9 Å². The molecule has 0 bridgehead atoms. The van der Waals surface area contributed by atoms with Gasteiger partial charge in [-0.1, -0.05) is 0 Å². The highest BCUT2D eigenvalue weighted by molar-refractivity contribution is 5.85. The first-order chi connectivity index (χ1) is 5.54. The van der Waals surface area contributed by atoms with Gasteiger partial charge in [0.1, 0.15) is 0 Å². The number of halogens is 2. The highest BCUT2D eigenvalue weighted by Crippen LogP contribution is 1.91. The molecule has 0 aromatic carbocycles. The van der Waals surface area contributed by atoms with Crippen molar-refractivity contribution in [3.8, 4) is 0 Å². The Hall–Kier alpha value is -0.720. The van der Waals surface area contributed by atoms with Gasteiger partial charge in [-0.3, -0.25) is 10.2 Å². The van der Waals surface area contributed by atoms with Crippen molar-refractivity contribution >= 4 is 36.7 Å². The van der Waals surface area contributed by atoms with Crippen LogP contribution in [-0.2, 0) is 4.79 Å². The summed E-state index contributed by atoms with van der Waals surface area (Å²) in [7, 11) is 0. The van der Waals surface area contributed by atoms with Gasteiger partial charge in [0, 0.05) is 6.54 Å². The number of amides is 1. The van der Waals surface area contributed by atoms with Crippen LogP contribution in [-0.4, -0.2) is 24.5 Å². The van der Waals surface area contributed by atoms with Crippen molar-refractivity contribution in [1.29, 1.82) is 5.41 Å². The Balaban J connectivity index is -0.000000605. The lowest BCUT2D eigenvalue weighted by atomic mass is 10.1. The molecule has 8 N–H and O–H groups in total. The predicted molar refractivity (Wildman–Crippen MR) is 60.8 cm³/mol. The minimum Gasteiger partial charge on any atom is -0.370 e. The Labute approximate surface area is 95.3 Å². The lowest BCUT2D eigenvalue weighted by molar-refractivity contribution is -0.119. The molecule has 0 rings (SSSR count). The number of hydrogen-bond acceptors (Lipinski definition) is 3. The Bertz CT molecular complexity index is 178. The zero-order valence-electron chi connectivity index (χ0n) is 7.66. The van der Waals surface area contributed by atoms with E-state index in [4.69, 9.17) is 22.6 Å². The van der Waals surface area contributed by atoms with Gasteiger partial charge in [-0.2, -0.15) is 0 Å². The van der Waals surface area contributed by atoms with Gasteiger partial charge in [-0.25, -0.2) is 0 Å². The monoisotopic (exact) mass is 245 g/mol. The van der Waals surface area contributed by atoms with Gasteiger partial charge in [0.25, 0.3) is 0 Å². The Morgan fingerprint density at radius 1 is 1.36 bits per heavy atom. The van der Waals surface area contributed by atoms with Crippen molar-refractivity contribution in [3.05, 3.63) is 0 Å². The summed E-state index contributed by atoms with van der Waals surface area (Å²) in [5, 5.41) is 9.40. The molecule has 1 atom stereocenters. The molecule has 1 unspecified atom stereocenters. The van der Waals surface area contributed by atoms with Crippen LogP contribution in [0.1, 0.15) is 12.8 Å². The normalized spacial score (nSPS) is 10.4. The second-order valence-corrected chi connectivity index (χ2v) is 2.49. The van der Waals surface area contributed by atoms with Crippen molar-refractivity contribution in [2.24, 2.45) is 17.2 Å². The molecule has 0 aliphatic carbocycles. The fourth-order valence-electron chi connectivity index (χ4n) is 0.687. The van der Waals surface area contributed by atoms with E-state index in [1.807, 2.05) is 0 Å². The molecular formula is C6H17Cl2N5O. The van der Waals surface area contributed by atoms with Gasteiger partial charge < -0.3 is 22.5 Å². The summed E-state index contributed by atoms with van der Waals surface area (Å²) in [4.78, 5) is 10.4. The molecule has 8 heteroatoms. The second kappa shape index (κ2) is 10.4. The molecule has 14 heavy (non-hydrogen) atoms. The quantitative estimate of drug-likeness (QED) is 0.239. The summed E-state index contributed by atoms with van der Waals surface area (Å²) in [6.07, 6.45) is 1.18. The van der Waals surface area contributed by atoms with Gasteiger partial charge in [0.2, 0.25) is 5.91 Å². The number of hydrogen-bond donors (Lipinski definition) is 5. The largest absolute Gasteiger partial charge is 0.370 e. The third-order valence-corrected chi connectivity index (χ3v) is 1.37. The van der Waals surface area contributed by atoms with Gasteiger partial charge >= 0.3 is 0 Å². The molecule has 0 aliphatic heterocycles. The van der Waals surface area contributed by atoms with E-state index in [1.54, 1.807) is 0 Å². The van der Waals surface area contributed by atoms with Crippen molar-refractivity contribution in [1.82, 2.24) is 5.32 Å². The molecule has 0 aliphatic rings. The first-order valence-corrected chi connectivity index (χ1v) is 3.67. The van der Waals surface area contributed by atoms with Gasteiger partial charge in [0.15, 0.2) is 5.96 Å². The van der Waals surface area contributed by atoms with E-state index in [9.17, 15) is 4.79 Å². The average Bonchev–Trinajstić information content (AvgIpc) is 1.97. The summed E-state index contributed by atoms with van der Waals surface area (Å²) >= 11 is 0. The molecule has 6 nitrogen and oxygen atoms in total. The molecule has 0 radical (unpaired) electrons. The van der Waals surface area contributed by atoms with Gasteiger partial charge in [0.05, 0.1) is 6.04 Å². The maximum absolute atomic E-state index is 10.4. The van der Waals surface area contributed by atoms with Crippen LogP contribution < -0.4 is 22.5 Å². The highest BCUT2D eigenvalue weighted by Gasteiger charge is 2.07. The van der Waals surface area contributed by atoms with E-state index in [-0.39, 0.29) is 30.8 Å². The summed E-state index contributed by atoms with van der Waals surface area (Å²) in [5.74, 6) is -0.583. The van der Waals surface area contributed by atoms with E-state index in [0.717, 1.165) is 0 Å². The molecule has 0 aromatic rings. The lowest BCUT2D eigenvalue weighted by Crippen LogP contribution is -2.37. The first-order valence-electron chi connectivity index (χ1n) is 3.67. The smallest absolute Gasteiger partial charge is 0.234 e. The molecular weight excluding hydrogens is 229 g/mol. The molecule has 0 fully saturated rings. The number of rotatable bonds is 5. The topological polar surface area (TPSA) is 131 Å². The minimum atomic E-state index is -0.598. The van der Waals surface area contributed by atoms with Crippen LogP contribution in [0.25, 0.3) is 0 Å². The van der Waals surface area contributed by atoms with Crippen LogP contribution in [0.3, 0.4) is 0 Å². The molecule has 0 spiro atoms. The van der Waals surface area contributed by atoms with E-state index < -0.39 is 11.9 Å². The van der Waals surface area contributed by atoms with E-state index in [1.165, 1.54) is 0 Å². The SMILES string of the molecule is Cl.Cl.N=C(N)NCCCC(N)C(N)=O. The fourth-order valence-corrected chi connectivity index (χ4v) is 0.687. The number of carbonyl (C=O) groups excluding carboxylic acids is 1. The maximum atomic E-state index is 10.4. The maximum Gasteiger partial charge on any atom is 0.234 e.